The van der Waals surface area contributed by atoms with Gasteiger partial charge in [0.15, 0.2) is 5.96 Å². The molecular formula is C37H43N9O6. The number of nitrogens with one attached hydrogen (secondary N) is 5. The fraction of sp³-hybridized carbons (Fsp3) is 0.270. The molecule has 3 aromatic carbocycles. The van der Waals surface area contributed by atoms with Gasteiger partial charge in [0.1, 0.15) is 23.9 Å². The summed E-state index contributed by atoms with van der Waals surface area (Å²) in [5.41, 5.74) is 21.0. The van der Waals surface area contributed by atoms with Crippen LogP contribution in [0.25, 0.3) is 21.8 Å². The standard InChI is InChI=1S/C37H43N9O6/c38-27(16-21-11-13-24(47)14-12-21)33(48)45-31(17-22-19-42-28-8-3-1-6-25(22)28)35(50)44-30(10-5-15-41-37(39)40)34(49)46-32(36(51)52)18-23-20-43-29-9-4-2-7-26(23)29/h1-4,6-9,11-14,19-20,27,30-32,42-43,47H,5,10,15-18,38H2,(H,44,50)(H,45,48)(H,46,49)(H,51,52)(H4,39,40,41). The Hall–Kier alpha value is -6.35. The first kappa shape index (κ1) is 36.9. The van der Waals surface area contributed by atoms with Gasteiger partial charge in [0, 0.05) is 53.6 Å². The first-order valence-corrected chi connectivity index (χ1v) is 16.8. The summed E-state index contributed by atoms with van der Waals surface area (Å²) in [6, 6.07) is 16.4. The number of carbonyl (C=O) groups excluding carboxylic acids is 3. The second-order valence-corrected chi connectivity index (χ2v) is 12.6. The topological polar surface area (TPSA) is 267 Å². The number of nitrogens with zero attached hydrogens (tertiary/aromatic N) is 1. The summed E-state index contributed by atoms with van der Waals surface area (Å²) in [4.78, 5) is 63.9. The number of phenols is 1. The molecule has 0 aliphatic rings. The Labute approximate surface area is 299 Å². The highest BCUT2D eigenvalue weighted by atomic mass is 16.4. The van der Waals surface area contributed by atoms with Crippen LogP contribution in [0, 0.1) is 0 Å². The molecule has 5 aromatic rings. The Morgan fingerprint density at radius 1 is 0.692 bits per heavy atom. The molecule has 0 aliphatic carbocycles. The Bertz CT molecular complexity index is 2050. The second-order valence-electron chi connectivity index (χ2n) is 12.6. The third-order valence-electron chi connectivity index (χ3n) is 8.75. The van der Waals surface area contributed by atoms with E-state index >= 15 is 0 Å². The van der Waals surface area contributed by atoms with Crippen molar-refractivity contribution in [1.82, 2.24) is 25.9 Å². The summed E-state index contributed by atoms with van der Waals surface area (Å²) < 4.78 is 0. The summed E-state index contributed by atoms with van der Waals surface area (Å²) in [7, 11) is 0. The fourth-order valence-corrected chi connectivity index (χ4v) is 6.02. The van der Waals surface area contributed by atoms with Crippen LogP contribution < -0.4 is 33.2 Å². The zero-order valence-electron chi connectivity index (χ0n) is 28.3. The zero-order valence-corrected chi connectivity index (χ0v) is 28.3. The number of aromatic nitrogens is 2. The molecule has 0 bridgehead atoms. The van der Waals surface area contributed by atoms with Gasteiger partial charge in [0.05, 0.1) is 6.04 Å². The molecular weight excluding hydrogens is 666 g/mol. The number of hydrogen-bond acceptors (Lipinski definition) is 7. The Morgan fingerprint density at radius 2 is 1.21 bits per heavy atom. The van der Waals surface area contributed by atoms with Gasteiger partial charge in [-0.05, 0) is 60.2 Å². The van der Waals surface area contributed by atoms with Crippen LogP contribution in [0.2, 0.25) is 0 Å². The highest BCUT2D eigenvalue weighted by Gasteiger charge is 2.31. The molecule has 15 heteroatoms. The Morgan fingerprint density at radius 3 is 1.79 bits per heavy atom. The molecule has 2 heterocycles. The predicted octanol–water partition coefficient (Wildman–Crippen LogP) is 1.30. The van der Waals surface area contributed by atoms with E-state index in [1.54, 1.807) is 24.5 Å². The summed E-state index contributed by atoms with van der Waals surface area (Å²) in [6.07, 6.45) is 3.94. The van der Waals surface area contributed by atoms with E-state index in [9.17, 15) is 29.4 Å². The number of fused-ring (bicyclic) bond motifs is 2. The van der Waals surface area contributed by atoms with Gasteiger partial charge in [-0.15, -0.1) is 0 Å². The van der Waals surface area contributed by atoms with Crippen LogP contribution in [0.5, 0.6) is 5.75 Å². The summed E-state index contributed by atoms with van der Waals surface area (Å²) in [6.45, 7) is 0.154. The van der Waals surface area contributed by atoms with E-state index in [0.717, 1.165) is 27.4 Å². The number of phenolic OH excluding ortho intramolecular Hbond substituents is 1. The number of nitrogens with two attached hydrogens (primary N) is 3. The lowest BCUT2D eigenvalue weighted by atomic mass is 10.0. The van der Waals surface area contributed by atoms with Crippen LogP contribution in [0.4, 0.5) is 0 Å². The minimum Gasteiger partial charge on any atom is -0.508 e. The minimum atomic E-state index is -1.32. The average molecular weight is 710 g/mol. The number of carboxylic acid groups (broad SMARTS) is 1. The van der Waals surface area contributed by atoms with Crippen LogP contribution >= 0.6 is 0 Å². The molecule has 0 saturated heterocycles. The van der Waals surface area contributed by atoms with Crippen molar-refractivity contribution >= 4 is 51.5 Å². The number of rotatable bonds is 17. The van der Waals surface area contributed by atoms with E-state index in [-0.39, 0.29) is 50.4 Å². The molecule has 13 N–H and O–H groups in total. The molecule has 0 spiro atoms. The number of benzene rings is 3. The number of aromatic hydroxyl groups is 1. The maximum atomic E-state index is 14.1. The van der Waals surface area contributed by atoms with Gasteiger partial charge in [0.25, 0.3) is 0 Å². The summed E-state index contributed by atoms with van der Waals surface area (Å²) in [5, 5.41) is 29.5. The molecule has 2 aromatic heterocycles. The van der Waals surface area contributed by atoms with Crippen LogP contribution in [-0.4, -0.2) is 80.5 Å². The number of hydrogen-bond donors (Lipinski definition) is 10. The number of guanidine groups is 1. The van der Waals surface area contributed by atoms with E-state index in [1.807, 2.05) is 48.5 Å². The van der Waals surface area contributed by atoms with Gasteiger partial charge in [-0.1, -0.05) is 48.5 Å². The molecule has 0 radical (unpaired) electrons. The highest BCUT2D eigenvalue weighted by molar-refractivity contribution is 5.95. The lowest BCUT2D eigenvalue weighted by molar-refractivity contribution is -0.142. The normalized spacial score (nSPS) is 13.5. The van der Waals surface area contributed by atoms with Crippen LogP contribution in [0.15, 0.2) is 90.2 Å². The third kappa shape index (κ3) is 9.66. The van der Waals surface area contributed by atoms with Crippen molar-refractivity contribution in [2.45, 2.75) is 56.3 Å². The molecule has 0 aliphatic heterocycles. The van der Waals surface area contributed by atoms with Gasteiger partial charge in [-0.25, -0.2) is 4.79 Å². The summed E-state index contributed by atoms with van der Waals surface area (Å²) in [5.74, 6) is -3.34. The second kappa shape index (κ2) is 17.0. The first-order valence-electron chi connectivity index (χ1n) is 16.8. The van der Waals surface area contributed by atoms with E-state index in [1.165, 1.54) is 12.1 Å². The van der Waals surface area contributed by atoms with Crippen molar-refractivity contribution in [2.75, 3.05) is 6.54 Å². The number of aliphatic imine (C=N–C) groups is 1. The van der Waals surface area contributed by atoms with E-state index in [0.29, 0.717) is 11.1 Å². The first-order chi connectivity index (χ1) is 25.0. The maximum Gasteiger partial charge on any atom is 0.326 e. The maximum absolute atomic E-state index is 14.1. The summed E-state index contributed by atoms with van der Waals surface area (Å²) >= 11 is 0. The number of aliphatic carboxylic acids is 1. The number of carbonyl (C=O) groups is 4. The van der Waals surface area contributed by atoms with Gasteiger partial charge < -0.3 is 53.3 Å². The monoisotopic (exact) mass is 709 g/mol. The van der Waals surface area contributed by atoms with Crippen molar-refractivity contribution < 1.29 is 29.4 Å². The van der Waals surface area contributed by atoms with Crippen LogP contribution in [0.3, 0.4) is 0 Å². The van der Waals surface area contributed by atoms with E-state index in [4.69, 9.17) is 17.2 Å². The van der Waals surface area contributed by atoms with Crippen molar-refractivity contribution in [2.24, 2.45) is 22.2 Å². The Balaban J connectivity index is 1.36. The highest BCUT2D eigenvalue weighted by Crippen LogP contribution is 2.21. The zero-order chi connectivity index (χ0) is 37.2. The number of H-pyrrole nitrogens is 2. The molecule has 4 atom stereocenters. The SMILES string of the molecule is NC(N)=NCCCC(NC(=O)C(Cc1c[nH]c2ccccc12)NC(=O)C(N)Cc1ccc(O)cc1)C(=O)NC(Cc1c[nH]c2ccccc12)C(=O)O. The molecule has 52 heavy (non-hydrogen) atoms. The number of para-hydroxylation sites is 2. The van der Waals surface area contributed by atoms with Crippen molar-refractivity contribution in [3.8, 4) is 5.75 Å². The lowest BCUT2D eigenvalue weighted by Gasteiger charge is -2.25. The number of aromatic amines is 2. The molecule has 15 nitrogen and oxygen atoms in total. The fourth-order valence-electron chi connectivity index (χ4n) is 6.02. The predicted molar refractivity (Wildman–Crippen MR) is 197 cm³/mol. The van der Waals surface area contributed by atoms with Crippen molar-refractivity contribution in [3.63, 3.8) is 0 Å². The van der Waals surface area contributed by atoms with Crippen LogP contribution in [-0.2, 0) is 38.4 Å². The molecule has 0 saturated carbocycles. The molecule has 3 amide bonds. The lowest BCUT2D eigenvalue weighted by Crippen LogP contribution is -2.58. The molecule has 4 unspecified atom stereocenters. The van der Waals surface area contributed by atoms with Crippen molar-refractivity contribution in [3.05, 3.63) is 102 Å². The van der Waals surface area contributed by atoms with Crippen molar-refractivity contribution in [1.29, 1.82) is 0 Å². The third-order valence-corrected chi connectivity index (χ3v) is 8.75. The number of carboxylic acids is 1. The quantitative estimate of drug-likeness (QED) is 0.0378. The largest absolute Gasteiger partial charge is 0.508 e. The minimum absolute atomic E-state index is 0.0160. The van der Waals surface area contributed by atoms with Gasteiger partial charge in [-0.3, -0.25) is 19.4 Å². The smallest absolute Gasteiger partial charge is 0.326 e. The molecule has 0 fully saturated rings. The van der Waals surface area contributed by atoms with E-state index in [2.05, 4.69) is 30.9 Å². The Kier molecular flexibility index (Phi) is 12.1. The average Bonchev–Trinajstić information content (AvgIpc) is 3.73. The molecule has 272 valence electrons. The van der Waals surface area contributed by atoms with Gasteiger partial charge in [-0.2, -0.15) is 0 Å². The number of amides is 3. The van der Waals surface area contributed by atoms with Crippen LogP contribution in [0.1, 0.15) is 29.5 Å². The molecule has 5 rings (SSSR count). The van der Waals surface area contributed by atoms with Gasteiger partial charge in [0.2, 0.25) is 17.7 Å². The van der Waals surface area contributed by atoms with E-state index < -0.39 is 47.9 Å². The van der Waals surface area contributed by atoms with Gasteiger partial charge >= 0.3 is 5.97 Å².